The molecule has 1 saturated heterocycles. The Morgan fingerprint density at radius 3 is 3.00 bits per heavy atom. The monoisotopic (exact) mass is 189 g/mol. The number of benzene rings is 1. The van der Waals surface area contributed by atoms with Crippen molar-refractivity contribution in [3.05, 3.63) is 29.8 Å². The van der Waals surface area contributed by atoms with E-state index in [1.54, 1.807) is 0 Å². The number of quaternary nitrogens is 1. The fraction of sp³-hybridized carbons (Fsp3) is 0.364. The van der Waals surface area contributed by atoms with Gasteiger partial charge in [-0.2, -0.15) is 0 Å². The van der Waals surface area contributed by atoms with E-state index in [-0.39, 0.29) is 11.3 Å². The first kappa shape index (κ1) is 8.00. The Hall–Kier alpha value is -1.35. The lowest BCUT2D eigenvalue weighted by molar-refractivity contribution is -0.638. The van der Waals surface area contributed by atoms with Crippen LogP contribution in [0.4, 0.5) is 5.69 Å². The van der Waals surface area contributed by atoms with Crippen molar-refractivity contribution in [3.63, 3.8) is 0 Å². The van der Waals surface area contributed by atoms with Gasteiger partial charge in [-0.3, -0.25) is 4.79 Å². The van der Waals surface area contributed by atoms with Crippen molar-refractivity contribution in [3.8, 4) is 0 Å². The van der Waals surface area contributed by atoms with E-state index in [9.17, 15) is 4.79 Å². The van der Waals surface area contributed by atoms with Crippen LogP contribution >= 0.6 is 0 Å². The zero-order valence-corrected chi connectivity index (χ0v) is 7.92. The number of carbonyl (C=O) groups excluding carboxylic acids is 1. The lowest BCUT2D eigenvalue weighted by Gasteiger charge is -2.16. The number of nitrogens with one attached hydrogen (secondary N) is 1. The maximum atomic E-state index is 11.9. The number of hydrogen-bond donors (Lipinski definition) is 2. The largest absolute Gasteiger partial charge is 0.345 e. The minimum absolute atomic E-state index is 0.187. The third-order valence-corrected chi connectivity index (χ3v) is 3.39. The van der Waals surface area contributed by atoms with Crippen LogP contribution in [0.25, 0.3) is 0 Å². The van der Waals surface area contributed by atoms with Crippen LogP contribution in [0, 0.1) is 0 Å². The second-order valence-corrected chi connectivity index (χ2v) is 4.11. The van der Waals surface area contributed by atoms with E-state index in [0.717, 1.165) is 25.2 Å². The van der Waals surface area contributed by atoms with Gasteiger partial charge in [0.05, 0.1) is 13.1 Å². The molecule has 2 heterocycles. The fourth-order valence-electron chi connectivity index (χ4n) is 2.62. The molecule has 14 heavy (non-hydrogen) atoms. The number of carbonyl (C=O) groups is 1. The summed E-state index contributed by atoms with van der Waals surface area (Å²) in [4.78, 5) is 11.9. The highest BCUT2D eigenvalue weighted by molar-refractivity contribution is 6.06. The highest BCUT2D eigenvalue weighted by Gasteiger charge is 2.51. The molecule has 1 amide bonds. The Kier molecular flexibility index (Phi) is 1.47. The predicted octanol–water partition coefficient (Wildman–Crippen LogP) is -0.156. The van der Waals surface area contributed by atoms with Crippen molar-refractivity contribution < 1.29 is 10.1 Å². The van der Waals surface area contributed by atoms with E-state index in [1.807, 2.05) is 18.2 Å². The summed E-state index contributed by atoms with van der Waals surface area (Å²) in [6.45, 7) is 1.96. The standard InChI is InChI=1S/C11H12N2O/c14-10-11(5-6-12-7-11)8-3-1-2-4-9(8)13-10/h1-4,12H,5-7H2,(H,13,14)/p+1/t11-/m1/s1. The van der Waals surface area contributed by atoms with E-state index >= 15 is 0 Å². The average Bonchev–Trinajstić information content (AvgIpc) is 2.77. The van der Waals surface area contributed by atoms with Crippen LogP contribution in [0.3, 0.4) is 0 Å². The topological polar surface area (TPSA) is 45.7 Å². The number of fused-ring (bicyclic) bond motifs is 2. The van der Waals surface area contributed by atoms with Crippen LogP contribution in [0.2, 0.25) is 0 Å². The Bertz CT molecular complexity index is 394. The third kappa shape index (κ3) is 0.826. The van der Waals surface area contributed by atoms with E-state index in [2.05, 4.69) is 16.7 Å². The molecule has 1 aromatic rings. The summed E-state index contributed by atoms with van der Waals surface area (Å²) in [5.41, 5.74) is 1.97. The zero-order valence-electron chi connectivity index (χ0n) is 7.92. The number of para-hydroxylation sites is 1. The van der Waals surface area contributed by atoms with E-state index in [4.69, 9.17) is 0 Å². The van der Waals surface area contributed by atoms with Crippen LogP contribution in [-0.4, -0.2) is 19.0 Å². The van der Waals surface area contributed by atoms with Gasteiger partial charge in [-0.25, -0.2) is 0 Å². The van der Waals surface area contributed by atoms with Gasteiger partial charge in [-0.05, 0) is 11.6 Å². The second kappa shape index (κ2) is 2.58. The van der Waals surface area contributed by atoms with Crippen LogP contribution < -0.4 is 10.6 Å². The van der Waals surface area contributed by atoms with Crippen molar-refractivity contribution in [1.82, 2.24) is 0 Å². The van der Waals surface area contributed by atoms with E-state index < -0.39 is 0 Å². The second-order valence-electron chi connectivity index (χ2n) is 4.11. The Morgan fingerprint density at radius 2 is 2.21 bits per heavy atom. The fourth-order valence-corrected chi connectivity index (χ4v) is 2.62. The molecule has 3 rings (SSSR count). The SMILES string of the molecule is O=C1Nc2ccccc2[C@]12CC[NH2+]C2. The number of nitrogens with two attached hydrogens (primary N) is 1. The number of rotatable bonds is 0. The molecule has 2 aliphatic rings. The maximum Gasteiger partial charge on any atom is 0.241 e. The molecule has 1 fully saturated rings. The lowest BCUT2D eigenvalue weighted by Crippen LogP contribution is -2.82. The molecule has 3 N–H and O–H groups in total. The predicted molar refractivity (Wildman–Crippen MR) is 53.0 cm³/mol. The van der Waals surface area contributed by atoms with Crippen LogP contribution in [0.1, 0.15) is 12.0 Å². The summed E-state index contributed by atoms with van der Waals surface area (Å²) >= 11 is 0. The summed E-state index contributed by atoms with van der Waals surface area (Å²) in [5.74, 6) is 0.187. The van der Waals surface area contributed by atoms with E-state index in [0.29, 0.717) is 0 Å². The van der Waals surface area contributed by atoms with Gasteiger partial charge in [-0.1, -0.05) is 18.2 Å². The first-order chi connectivity index (χ1) is 6.83. The van der Waals surface area contributed by atoms with Gasteiger partial charge < -0.3 is 10.6 Å². The van der Waals surface area contributed by atoms with Gasteiger partial charge in [0.15, 0.2) is 0 Å². The Labute approximate surface area is 82.5 Å². The summed E-state index contributed by atoms with van der Waals surface area (Å²) in [6, 6.07) is 8.04. The summed E-state index contributed by atoms with van der Waals surface area (Å²) in [6.07, 6.45) is 0.968. The molecule has 0 aromatic heterocycles. The van der Waals surface area contributed by atoms with Crippen molar-refractivity contribution in [2.45, 2.75) is 11.8 Å². The molecule has 3 heteroatoms. The number of hydrogen-bond acceptors (Lipinski definition) is 1. The van der Waals surface area contributed by atoms with E-state index in [1.165, 1.54) is 5.56 Å². The minimum atomic E-state index is -0.226. The molecule has 3 nitrogen and oxygen atoms in total. The van der Waals surface area contributed by atoms with Gasteiger partial charge >= 0.3 is 0 Å². The van der Waals surface area contributed by atoms with Crippen molar-refractivity contribution >= 4 is 11.6 Å². The van der Waals surface area contributed by atoms with Gasteiger partial charge in [-0.15, -0.1) is 0 Å². The third-order valence-electron chi connectivity index (χ3n) is 3.39. The molecule has 2 aliphatic heterocycles. The van der Waals surface area contributed by atoms with Gasteiger partial charge in [0, 0.05) is 12.1 Å². The average molecular weight is 189 g/mol. The van der Waals surface area contributed by atoms with Crippen molar-refractivity contribution in [2.75, 3.05) is 18.4 Å². The summed E-state index contributed by atoms with van der Waals surface area (Å²) in [7, 11) is 0. The number of anilines is 1. The summed E-state index contributed by atoms with van der Waals surface area (Å²) in [5, 5.41) is 5.20. The Balaban J connectivity index is 2.18. The molecule has 0 unspecified atom stereocenters. The zero-order chi connectivity index (χ0) is 9.60. The first-order valence-corrected chi connectivity index (χ1v) is 5.06. The molecule has 72 valence electrons. The lowest BCUT2D eigenvalue weighted by atomic mass is 9.81. The molecular weight excluding hydrogens is 176 g/mol. The Morgan fingerprint density at radius 1 is 1.36 bits per heavy atom. The molecular formula is C11H13N2O+. The molecule has 1 atom stereocenters. The molecule has 0 radical (unpaired) electrons. The molecule has 1 spiro atoms. The smallest absolute Gasteiger partial charge is 0.241 e. The van der Waals surface area contributed by atoms with Gasteiger partial charge in [0.25, 0.3) is 0 Å². The van der Waals surface area contributed by atoms with Crippen molar-refractivity contribution in [1.29, 1.82) is 0 Å². The molecule has 0 aliphatic carbocycles. The highest BCUT2D eigenvalue weighted by atomic mass is 16.2. The number of amides is 1. The first-order valence-electron chi connectivity index (χ1n) is 5.06. The van der Waals surface area contributed by atoms with Crippen LogP contribution in [0.15, 0.2) is 24.3 Å². The maximum absolute atomic E-state index is 11.9. The van der Waals surface area contributed by atoms with Crippen molar-refractivity contribution in [2.24, 2.45) is 0 Å². The summed E-state index contributed by atoms with van der Waals surface area (Å²) < 4.78 is 0. The van der Waals surface area contributed by atoms with Crippen LogP contribution in [0.5, 0.6) is 0 Å². The van der Waals surface area contributed by atoms with Gasteiger partial charge in [0.1, 0.15) is 5.41 Å². The molecule has 0 bridgehead atoms. The highest BCUT2D eigenvalue weighted by Crippen LogP contribution is 2.39. The minimum Gasteiger partial charge on any atom is -0.345 e. The molecule has 1 aromatic carbocycles. The normalized spacial score (nSPS) is 29.3. The van der Waals surface area contributed by atoms with Gasteiger partial charge in [0.2, 0.25) is 5.91 Å². The quantitative estimate of drug-likeness (QED) is 0.585. The molecule has 0 saturated carbocycles. The van der Waals surface area contributed by atoms with Crippen LogP contribution in [-0.2, 0) is 10.2 Å².